The van der Waals surface area contributed by atoms with Crippen LogP contribution in [0.4, 0.5) is 0 Å². The maximum absolute atomic E-state index is 8.55. The molecule has 0 aromatic heterocycles. The van der Waals surface area contributed by atoms with E-state index in [1.54, 1.807) is 0 Å². The fourth-order valence-corrected chi connectivity index (χ4v) is 1.21. The number of hydrogen-bond donors (Lipinski definition) is 2. The van der Waals surface area contributed by atoms with Crippen LogP contribution in [0.3, 0.4) is 0 Å². The van der Waals surface area contributed by atoms with Gasteiger partial charge in [-0.1, -0.05) is 0 Å². The zero-order valence-electron chi connectivity index (χ0n) is 10.5. The van der Waals surface area contributed by atoms with Gasteiger partial charge in [0.2, 0.25) is 0 Å². The van der Waals surface area contributed by atoms with E-state index in [2.05, 4.69) is 26.1 Å². The largest absolute Gasteiger partial charge is 0.396 e. The Balaban J connectivity index is 2.99. The van der Waals surface area contributed by atoms with E-state index in [0.717, 1.165) is 45.4 Å². The van der Waals surface area contributed by atoms with Gasteiger partial charge in [0.25, 0.3) is 0 Å². The van der Waals surface area contributed by atoms with Crippen molar-refractivity contribution in [1.29, 1.82) is 0 Å². The summed E-state index contributed by atoms with van der Waals surface area (Å²) in [5.41, 5.74) is 0.224. The van der Waals surface area contributed by atoms with Crippen LogP contribution in [0, 0.1) is 0 Å². The van der Waals surface area contributed by atoms with E-state index in [0.29, 0.717) is 0 Å². The van der Waals surface area contributed by atoms with Crippen molar-refractivity contribution in [2.24, 2.45) is 0 Å². The Kier molecular flexibility index (Phi) is 9.06. The highest BCUT2D eigenvalue weighted by molar-refractivity contribution is 4.69. The van der Waals surface area contributed by atoms with Crippen molar-refractivity contribution >= 4 is 0 Å². The van der Waals surface area contributed by atoms with Gasteiger partial charge in [-0.15, -0.1) is 0 Å². The molecule has 0 saturated heterocycles. The van der Waals surface area contributed by atoms with Crippen molar-refractivity contribution in [2.45, 2.75) is 52.0 Å². The maximum Gasteiger partial charge on any atom is 0.0466 e. The molecule has 0 rings (SSSR count). The molecule has 0 atom stereocenters. The van der Waals surface area contributed by atoms with Gasteiger partial charge in [-0.3, -0.25) is 0 Å². The first kappa shape index (κ1) is 14.9. The molecule has 15 heavy (non-hydrogen) atoms. The van der Waals surface area contributed by atoms with Crippen molar-refractivity contribution in [1.82, 2.24) is 5.32 Å². The third kappa shape index (κ3) is 13.9. The van der Waals surface area contributed by atoms with Crippen LogP contribution in [0.2, 0.25) is 0 Å². The molecule has 0 radical (unpaired) electrons. The van der Waals surface area contributed by atoms with E-state index in [9.17, 15) is 0 Å². The first-order valence-corrected chi connectivity index (χ1v) is 6.00. The molecular weight excluding hydrogens is 190 g/mol. The highest BCUT2D eigenvalue weighted by atomic mass is 16.5. The highest BCUT2D eigenvalue weighted by Crippen LogP contribution is 1.99. The summed E-state index contributed by atoms with van der Waals surface area (Å²) < 4.78 is 5.43. The number of rotatable bonds is 9. The highest BCUT2D eigenvalue weighted by Gasteiger charge is 2.06. The summed E-state index contributed by atoms with van der Waals surface area (Å²) in [6.07, 6.45) is 4.10. The Morgan fingerprint density at radius 2 is 1.60 bits per heavy atom. The summed E-state index contributed by atoms with van der Waals surface area (Å²) in [6.45, 7) is 9.50. The third-order valence-corrected chi connectivity index (χ3v) is 2.07. The predicted octanol–water partition coefficient (Wildman–Crippen LogP) is 1.94. The number of unbranched alkanes of at least 4 members (excludes halogenated alkanes) is 2. The molecular formula is C12H27NO2. The second kappa shape index (κ2) is 9.13. The number of hydrogen-bond acceptors (Lipinski definition) is 3. The molecule has 0 aliphatic carbocycles. The van der Waals surface area contributed by atoms with E-state index >= 15 is 0 Å². The Labute approximate surface area is 94.2 Å². The number of nitrogens with one attached hydrogen (secondary N) is 1. The SMILES string of the molecule is CC(C)(C)NCCCCOCCCCO. The lowest BCUT2D eigenvalue weighted by Gasteiger charge is -2.20. The summed E-state index contributed by atoms with van der Waals surface area (Å²) in [5.74, 6) is 0. The van der Waals surface area contributed by atoms with Gasteiger partial charge in [-0.25, -0.2) is 0 Å². The van der Waals surface area contributed by atoms with Gasteiger partial charge in [0.15, 0.2) is 0 Å². The van der Waals surface area contributed by atoms with Crippen molar-refractivity contribution in [3.8, 4) is 0 Å². The van der Waals surface area contributed by atoms with Gasteiger partial charge in [-0.2, -0.15) is 0 Å². The molecule has 2 N–H and O–H groups in total. The second-order valence-electron chi connectivity index (χ2n) is 4.93. The van der Waals surface area contributed by atoms with E-state index in [-0.39, 0.29) is 12.1 Å². The Bertz CT molecular complexity index is 132. The topological polar surface area (TPSA) is 41.5 Å². The van der Waals surface area contributed by atoms with Crippen LogP contribution in [-0.4, -0.2) is 37.0 Å². The standard InChI is InChI=1S/C12H27NO2/c1-12(2,3)13-8-4-6-10-15-11-7-5-9-14/h13-14H,4-11H2,1-3H3. The summed E-state index contributed by atoms with van der Waals surface area (Å²) in [5, 5.41) is 12.0. The van der Waals surface area contributed by atoms with Gasteiger partial charge in [0, 0.05) is 25.4 Å². The lowest BCUT2D eigenvalue weighted by Crippen LogP contribution is -2.36. The molecule has 0 aliphatic rings. The molecule has 0 amide bonds. The minimum atomic E-state index is 0.224. The molecule has 0 unspecified atom stereocenters. The second-order valence-corrected chi connectivity index (χ2v) is 4.93. The first-order valence-electron chi connectivity index (χ1n) is 6.00. The van der Waals surface area contributed by atoms with Crippen LogP contribution in [0.5, 0.6) is 0 Å². The maximum atomic E-state index is 8.55. The molecule has 0 fully saturated rings. The zero-order valence-corrected chi connectivity index (χ0v) is 10.5. The van der Waals surface area contributed by atoms with Crippen molar-refractivity contribution in [3.63, 3.8) is 0 Å². The minimum absolute atomic E-state index is 0.224. The Morgan fingerprint density at radius 1 is 1.00 bits per heavy atom. The number of aliphatic hydroxyl groups is 1. The van der Waals surface area contributed by atoms with Crippen molar-refractivity contribution < 1.29 is 9.84 Å². The van der Waals surface area contributed by atoms with Crippen molar-refractivity contribution in [3.05, 3.63) is 0 Å². The quantitative estimate of drug-likeness (QED) is 0.580. The average molecular weight is 217 g/mol. The summed E-state index contributed by atoms with van der Waals surface area (Å²) in [7, 11) is 0. The Hall–Kier alpha value is -0.120. The van der Waals surface area contributed by atoms with Gasteiger partial charge in [-0.05, 0) is 53.0 Å². The molecule has 0 aliphatic heterocycles. The average Bonchev–Trinajstić information content (AvgIpc) is 2.14. The van der Waals surface area contributed by atoms with Gasteiger partial charge in [0.1, 0.15) is 0 Å². The summed E-state index contributed by atoms with van der Waals surface area (Å²) in [6, 6.07) is 0. The van der Waals surface area contributed by atoms with Crippen LogP contribution in [0.1, 0.15) is 46.5 Å². The Morgan fingerprint density at radius 3 is 2.13 bits per heavy atom. The molecule has 0 aromatic carbocycles. The van der Waals surface area contributed by atoms with E-state index in [1.807, 2.05) is 0 Å². The van der Waals surface area contributed by atoms with Crippen LogP contribution in [-0.2, 0) is 4.74 Å². The fraction of sp³-hybridized carbons (Fsp3) is 1.00. The summed E-state index contributed by atoms with van der Waals surface area (Å²) in [4.78, 5) is 0. The van der Waals surface area contributed by atoms with E-state index in [1.165, 1.54) is 0 Å². The van der Waals surface area contributed by atoms with Gasteiger partial charge >= 0.3 is 0 Å². The van der Waals surface area contributed by atoms with Gasteiger partial charge in [0.05, 0.1) is 0 Å². The lowest BCUT2D eigenvalue weighted by molar-refractivity contribution is 0.121. The number of ether oxygens (including phenoxy) is 1. The minimum Gasteiger partial charge on any atom is -0.396 e. The smallest absolute Gasteiger partial charge is 0.0466 e. The zero-order chi connectivity index (χ0) is 11.6. The van der Waals surface area contributed by atoms with Gasteiger partial charge < -0.3 is 15.2 Å². The molecule has 92 valence electrons. The molecule has 0 saturated carbocycles. The van der Waals surface area contributed by atoms with Crippen LogP contribution >= 0.6 is 0 Å². The predicted molar refractivity (Wildman–Crippen MR) is 64.1 cm³/mol. The monoisotopic (exact) mass is 217 g/mol. The van der Waals surface area contributed by atoms with E-state index in [4.69, 9.17) is 9.84 Å². The van der Waals surface area contributed by atoms with Crippen LogP contribution in [0.25, 0.3) is 0 Å². The van der Waals surface area contributed by atoms with E-state index < -0.39 is 0 Å². The molecule has 3 nitrogen and oxygen atoms in total. The molecule has 0 aromatic rings. The molecule has 0 heterocycles. The lowest BCUT2D eigenvalue weighted by atomic mass is 10.1. The summed E-state index contributed by atoms with van der Waals surface area (Å²) >= 11 is 0. The fourth-order valence-electron chi connectivity index (χ4n) is 1.21. The van der Waals surface area contributed by atoms with Crippen LogP contribution < -0.4 is 5.32 Å². The molecule has 3 heteroatoms. The van der Waals surface area contributed by atoms with Crippen LogP contribution in [0.15, 0.2) is 0 Å². The number of aliphatic hydroxyl groups excluding tert-OH is 1. The molecule has 0 bridgehead atoms. The van der Waals surface area contributed by atoms with Crippen molar-refractivity contribution in [2.75, 3.05) is 26.4 Å². The normalized spacial score (nSPS) is 12.0. The first-order chi connectivity index (χ1) is 7.06. The molecule has 0 spiro atoms. The third-order valence-electron chi connectivity index (χ3n) is 2.07.